The van der Waals surface area contributed by atoms with Crippen molar-refractivity contribution in [3.63, 3.8) is 0 Å². The predicted octanol–water partition coefficient (Wildman–Crippen LogP) is 3.25. The number of nitrogens with zero attached hydrogens (tertiary/aromatic N) is 2. The molecule has 0 aliphatic carbocycles. The van der Waals surface area contributed by atoms with E-state index >= 15 is 0 Å². The summed E-state index contributed by atoms with van der Waals surface area (Å²) in [5, 5.41) is 6.22. The van der Waals surface area contributed by atoms with E-state index in [0.29, 0.717) is 12.1 Å². The van der Waals surface area contributed by atoms with Gasteiger partial charge in [-0.05, 0) is 39.0 Å². The average molecular weight is 274 g/mol. The van der Waals surface area contributed by atoms with E-state index in [1.165, 1.54) is 0 Å². The fourth-order valence-electron chi connectivity index (χ4n) is 1.64. The molecule has 0 aliphatic rings. The summed E-state index contributed by atoms with van der Waals surface area (Å²) in [6, 6.07) is 5.22. The van der Waals surface area contributed by atoms with Crippen LogP contribution in [0.15, 0.2) is 36.8 Å². The summed E-state index contributed by atoms with van der Waals surface area (Å²) in [7, 11) is 0. The molecule has 0 aromatic carbocycles. The number of hydrogen-bond donors (Lipinski definition) is 2. The van der Waals surface area contributed by atoms with Crippen molar-refractivity contribution in [2.45, 2.75) is 32.9 Å². The van der Waals surface area contributed by atoms with Gasteiger partial charge in [-0.2, -0.15) is 0 Å². The van der Waals surface area contributed by atoms with Crippen molar-refractivity contribution in [3.8, 4) is 0 Å². The normalized spacial score (nSPS) is 11.4. The van der Waals surface area contributed by atoms with Crippen molar-refractivity contribution >= 4 is 11.5 Å². The summed E-state index contributed by atoms with van der Waals surface area (Å²) in [6.07, 6.45) is 4.89. The molecule has 0 saturated carbocycles. The molecule has 2 N–H and O–H groups in total. The fourth-order valence-corrected chi connectivity index (χ4v) is 1.64. The van der Waals surface area contributed by atoms with Gasteiger partial charge in [-0.25, -0.2) is 9.37 Å². The second-order valence-electron chi connectivity index (χ2n) is 5.60. The van der Waals surface area contributed by atoms with E-state index in [-0.39, 0.29) is 17.2 Å². The molecule has 2 aromatic heterocycles. The Labute approximate surface area is 118 Å². The minimum absolute atomic E-state index is 0.0611. The van der Waals surface area contributed by atoms with Crippen LogP contribution in [-0.2, 0) is 6.54 Å². The van der Waals surface area contributed by atoms with Gasteiger partial charge in [0, 0.05) is 41.9 Å². The molecule has 0 atom stereocenters. The first kappa shape index (κ1) is 14.4. The summed E-state index contributed by atoms with van der Waals surface area (Å²) in [4.78, 5) is 7.96. The van der Waals surface area contributed by atoms with E-state index in [0.717, 1.165) is 5.69 Å². The van der Waals surface area contributed by atoms with E-state index in [2.05, 4.69) is 20.6 Å². The molecule has 0 radical (unpaired) electrons. The van der Waals surface area contributed by atoms with Gasteiger partial charge in [0.05, 0.1) is 0 Å². The number of halogens is 1. The summed E-state index contributed by atoms with van der Waals surface area (Å²) < 4.78 is 14.4. The zero-order valence-electron chi connectivity index (χ0n) is 11.9. The van der Waals surface area contributed by atoms with Crippen LogP contribution in [-0.4, -0.2) is 15.5 Å². The molecule has 2 heterocycles. The zero-order chi connectivity index (χ0) is 14.6. The summed E-state index contributed by atoms with van der Waals surface area (Å²) in [5.74, 6) is -0.106. The van der Waals surface area contributed by atoms with Crippen LogP contribution in [0.5, 0.6) is 0 Å². The van der Waals surface area contributed by atoms with Gasteiger partial charge in [0.15, 0.2) is 11.6 Å². The van der Waals surface area contributed by atoms with Crippen LogP contribution >= 0.6 is 0 Å². The maximum atomic E-state index is 14.4. The van der Waals surface area contributed by atoms with Crippen molar-refractivity contribution in [3.05, 3.63) is 48.2 Å². The molecule has 0 saturated heterocycles. The second kappa shape index (κ2) is 5.96. The summed E-state index contributed by atoms with van der Waals surface area (Å²) in [5.41, 5.74) is 1.29. The molecule has 0 bridgehead atoms. The molecule has 2 aromatic rings. The Morgan fingerprint density at radius 3 is 2.45 bits per heavy atom. The SMILES string of the molecule is CC(C)(C)NCc1ccnc(Nc2ccncc2)c1F. The molecule has 0 aliphatic heterocycles. The maximum absolute atomic E-state index is 14.4. The van der Waals surface area contributed by atoms with Gasteiger partial charge in [-0.1, -0.05) is 0 Å². The second-order valence-corrected chi connectivity index (χ2v) is 5.60. The molecule has 5 heteroatoms. The third kappa shape index (κ3) is 3.99. The van der Waals surface area contributed by atoms with E-state index in [4.69, 9.17) is 0 Å². The number of anilines is 2. The van der Waals surface area contributed by atoms with Crippen LogP contribution in [0.25, 0.3) is 0 Å². The predicted molar refractivity (Wildman–Crippen MR) is 78.3 cm³/mol. The summed E-state index contributed by atoms with van der Waals surface area (Å²) in [6.45, 7) is 6.59. The molecular weight excluding hydrogens is 255 g/mol. The lowest BCUT2D eigenvalue weighted by molar-refractivity contribution is 0.418. The number of aromatic nitrogens is 2. The zero-order valence-corrected chi connectivity index (χ0v) is 11.9. The van der Waals surface area contributed by atoms with Gasteiger partial charge in [0.2, 0.25) is 0 Å². The van der Waals surface area contributed by atoms with Crippen LogP contribution in [0.2, 0.25) is 0 Å². The molecule has 0 fully saturated rings. The van der Waals surface area contributed by atoms with Gasteiger partial charge in [0.1, 0.15) is 0 Å². The Balaban J connectivity index is 2.15. The topological polar surface area (TPSA) is 49.8 Å². The molecule has 20 heavy (non-hydrogen) atoms. The van der Waals surface area contributed by atoms with Gasteiger partial charge in [-0.3, -0.25) is 4.98 Å². The standard InChI is InChI=1S/C15H19FN4/c1-15(2,3)19-10-11-4-9-18-14(13(11)16)20-12-5-7-17-8-6-12/h4-9,19H,10H2,1-3H3,(H,17,18,20). The van der Waals surface area contributed by atoms with Gasteiger partial charge < -0.3 is 10.6 Å². The molecule has 4 nitrogen and oxygen atoms in total. The molecule has 106 valence electrons. The first-order valence-corrected chi connectivity index (χ1v) is 6.51. The fraction of sp³-hybridized carbons (Fsp3) is 0.333. The largest absolute Gasteiger partial charge is 0.338 e. The van der Waals surface area contributed by atoms with Crippen LogP contribution in [0, 0.1) is 5.82 Å². The van der Waals surface area contributed by atoms with Crippen LogP contribution in [0.1, 0.15) is 26.3 Å². The molecule has 0 amide bonds. The van der Waals surface area contributed by atoms with Gasteiger partial charge >= 0.3 is 0 Å². The minimum atomic E-state index is -0.332. The van der Waals surface area contributed by atoms with Crippen molar-refractivity contribution in [1.29, 1.82) is 0 Å². The van der Waals surface area contributed by atoms with Crippen LogP contribution in [0.3, 0.4) is 0 Å². The highest BCUT2D eigenvalue weighted by Crippen LogP contribution is 2.19. The Morgan fingerprint density at radius 2 is 1.80 bits per heavy atom. The highest BCUT2D eigenvalue weighted by molar-refractivity contribution is 5.56. The number of rotatable bonds is 4. The van der Waals surface area contributed by atoms with Crippen LogP contribution < -0.4 is 10.6 Å². The Morgan fingerprint density at radius 1 is 1.10 bits per heavy atom. The third-order valence-corrected chi connectivity index (χ3v) is 2.72. The number of hydrogen-bond acceptors (Lipinski definition) is 4. The highest BCUT2D eigenvalue weighted by Gasteiger charge is 2.13. The first-order chi connectivity index (χ1) is 9.46. The quantitative estimate of drug-likeness (QED) is 0.898. The maximum Gasteiger partial charge on any atom is 0.170 e. The van der Waals surface area contributed by atoms with Crippen molar-refractivity contribution < 1.29 is 4.39 Å². The molecule has 0 spiro atoms. The molecular formula is C15H19FN4. The molecule has 2 rings (SSSR count). The highest BCUT2D eigenvalue weighted by atomic mass is 19.1. The van der Waals surface area contributed by atoms with Crippen molar-refractivity contribution in [1.82, 2.24) is 15.3 Å². The number of nitrogens with one attached hydrogen (secondary N) is 2. The van der Waals surface area contributed by atoms with E-state index < -0.39 is 0 Å². The lowest BCUT2D eigenvalue weighted by Gasteiger charge is -2.21. The van der Waals surface area contributed by atoms with Gasteiger partial charge in [0.25, 0.3) is 0 Å². The first-order valence-electron chi connectivity index (χ1n) is 6.51. The van der Waals surface area contributed by atoms with Crippen LogP contribution in [0.4, 0.5) is 15.9 Å². The van der Waals surface area contributed by atoms with Gasteiger partial charge in [-0.15, -0.1) is 0 Å². The van der Waals surface area contributed by atoms with Crippen molar-refractivity contribution in [2.75, 3.05) is 5.32 Å². The van der Waals surface area contributed by atoms with E-state index in [9.17, 15) is 4.39 Å². The Hall–Kier alpha value is -2.01. The number of pyridine rings is 2. The Kier molecular flexibility index (Phi) is 4.29. The lowest BCUT2D eigenvalue weighted by atomic mass is 10.1. The van der Waals surface area contributed by atoms with Crippen molar-refractivity contribution in [2.24, 2.45) is 0 Å². The molecule has 0 unspecified atom stereocenters. The smallest absolute Gasteiger partial charge is 0.170 e. The minimum Gasteiger partial charge on any atom is -0.338 e. The summed E-state index contributed by atoms with van der Waals surface area (Å²) >= 11 is 0. The van der Waals surface area contributed by atoms with E-state index in [1.54, 1.807) is 36.8 Å². The average Bonchev–Trinajstić information content (AvgIpc) is 2.40. The Bertz CT molecular complexity index is 564. The third-order valence-electron chi connectivity index (χ3n) is 2.72. The van der Waals surface area contributed by atoms with E-state index in [1.807, 2.05) is 20.8 Å². The monoisotopic (exact) mass is 274 g/mol. The lowest BCUT2D eigenvalue weighted by Crippen LogP contribution is -2.35.